The molecule has 0 amide bonds. The molecule has 2 aromatic heterocycles. The van der Waals surface area contributed by atoms with Crippen LogP contribution in [0.1, 0.15) is 5.69 Å². The fourth-order valence-electron chi connectivity index (χ4n) is 1.04. The summed E-state index contributed by atoms with van der Waals surface area (Å²) in [6, 6.07) is 2.74. The summed E-state index contributed by atoms with van der Waals surface area (Å²) in [5, 5.41) is 3.49. The molecule has 2 aromatic rings. The van der Waals surface area contributed by atoms with Crippen LogP contribution in [-0.4, -0.2) is 14.6 Å². The zero-order valence-corrected chi connectivity index (χ0v) is 7.34. The van der Waals surface area contributed by atoms with Crippen molar-refractivity contribution in [1.82, 2.24) is 14.6 Å². The van der Waals surface area contributed by atoms with Gasteiger partial charge in [0, 0.05) is 0 Å². The molecule has 0 saturated heterocycles. The van der Waals surface area contributed by atoms with E-state index in [4.69, 9.17) is 11.6 Å². The van der Waals surface area contributed by atoms with E-state index in [-0.39, 0.29) is 10.8 Å². The van der Waals surface area contributed by atoms with Crippen LogP contribution in [0.4, 0.5) is 13.2 Å². The van der Waals surface area contributed by atoms with Crippen LogP contribution < -0.4 is 0 Å². The number of alkyl halides is 3. The average molecular weight is 222 g/mol. The largest absolute Gasteiger partial charge is 0.435 e. The maximum Gasteiger partial charge on any atom is 0.435 e. The number of fused-ring (bicyclic) bond motifs is 1. The van der Waals surface area contributed by atoms with Gasteiger partial charge in [-0.1, -0.05) is 11.6 Å². The van der Waals surface area contributed by atoms with Gasteiger partial charge < -0.3 is 0 Å². The van der Waals surface area contributed by atoms with Crippen LogP contribution in [0.25, 0.3) is 5.65 Å². The van der Waals surface area contributed by atoms with E-state index in [0.29, 0.717) is 4.52 Å². The maximum atomic E-state index is 12.3. The summed E-state index contributed by atoms with van der Waals surface area (Å²) in [5.41, 5.74) is -0.822. The normalized spacial score (nSPS) is 12.3. The first-order valence-corrected chi connectivity index (χ1v) is 3.94. The van der Waals surface area contributed by atoms with Gasteiger partial charge in [0.25, 0.3) is 0 Å². The van der Waals surface area contributed by atoms with Gasteiger partial charge in [0.2, 0.25) is 0 Å². The Hall–Kier alpha value is -1.30. The zero-order valence-electron chi connectivity index (χ0n) is 6.59. The molecule has 74 valence electrons. The smallest absolute Gasteiger partial charge is 0.235 e. The van der Waals surface area contributed by atoms with Crippen LogP contribution in [0, 0.1) is 0 Å². The van der Waals surface area contributed by atoms with Gasteiger partial charge in [-0.3, -0.25) is 0 Å². The van der Waals surface area contributed by atoms with Gasteiger partial charge >= 0.3 is 6.18 Å². The third-order valence-corrected chi connectivity index (χ3v) is 1.82. The minimum Gasteiger partial charge on any atom is -0.235 e. The molecule has 0 radical (unpaired) electrons. The van der Waals surface area contributed by atoms with Crippen LogP contribution in [0.3, 0.4) is 0 Å². The SMILES string of the molecule is FC(F)(F)c1cnc2ccc(Cl)nn12. The first-order valence-electron chi connectivity index (χ1n) is 3.56. The van der Waals surface area contributed by atoms with E-state index in [2.05, 4.69) is 10.1 Å². The molecular formula is C7H3ClF3N3. The lowest BCUT2D eigenvalue weighted by Crippen LogP contribution is -2.10. The zero-order chi connectivity index (χ0) is 10.3. The Balaban J connectivity index is 2.73. The van der Waals surface area contributed by atoms with Crippen molar-refractivity contribution in [2.75, 3.05) is 0 Å². The first kappa shape index (κ1) is 9.26. The Morgan fingerprint density at radius 1 is 1.29 bits per heavy atom. The molecule has 14 heavy (non-hydrogen) atoms. The van der Waals surface area contributed by atoms with Crippen molar-refractivity contribution < 1.29 is 13.2 Å². The summed E-state index contributed by atoms with van der Waals surface area (Å²) in [5.74, 6) is 0. The predicted molar refractivity (Wildman–Crippen MR) is 43.0 cm³/mol. The third-order valence-electron chi connectivity index (χ3n) is 1.62. The van der Waals surface area contributed by atoms with Crippen LogP contribution >= 0.6 is 11.6 Å². The highest BCUT2D eigenvalue weighted by Gasteiger charge is 2.35. The highest BCUT2D eigenvalue weighted by atomic mass is 35.5. The molecule has 7 heteroatoms. The second-order valence-electron chi connectivity index (χ2n) is 2.57. The van der Waals surface area contributed by atoms with E-state index in [1.807, 2.05) is 0 Å². The Morgan fingerprint density at radius 2 is 2.00 bits per heavy atom. The average Bonchev–Trinajstić information content (AvgIpc) is 2.45. The lowest BCUT2D eigenvalue weighted by Gasteiger charge is -2.04. The molecule has 2 rings (SSSR count). The van der Waals surface area contributed by atoms with Crippen molar-refractivity contribution in [3.63, 3.8) is 0 Å². The molecule has 0 atom stereocenters. The molecular weight excluding hydrogens is 219 g/mol. The lowest BCUT2D eigenvalue weighted by atomic mass is 10.5. The monoisotopic (exact) mass is 221 g/mol. The van der Waals surface area contributed by atoms with Crippen molar-refractivity contribution in [2.24, 2.45) is 0 Å². The fraction of sp³-hybridized carbons (Fsp3) is 0.143. The van der Waals surface area contributed by atoms with Crippen LogP contribution in [0.15, 0.2) is 18.3 Å². The number of hydrogen-bond acceptors (Lipinski definition) is 2. The van der Waals surface area contributed by atoms with Gasteiger partial charge in [-0.05, 0) is 12.1 Å². The van der Waals surface area contributed by atoms with Crippen molar-refractivity contribution in [3.8, 4) is 0 Å². The summed E-state index contributed by atoms with van der Waals surface area (Å²) >= 11 is 5.47. The number of halogens is 4. The van der Waals surface area contributed by atoms with Crippen molar-refractivity contribution in [3.05, 3.63) is 29.2 Å². The quantitative estimate of drug-likeness (QED) is 0.684. The molecule has 0 aliphatic heterocycles. The van der Waals surface area contributed by atoms with E-state index < -0.39 is 11.9 Å². The van der Waals surface area contributed by atoms with E-state index in [1.54, 1.807) is 0 Å². The molecule has 0 aromatic carbocycles. The number of aromatic nitrogens is 3. The Kier molecular flexibility index (Phi) is 1.88. The Labute approximate surface area is 81.1 Å². The fourth-order valence-corrected chi connectivity index (χ4v) is 1.18. The van der Waals surface area contributed by atoms with Gasteiger partial charge in [-0.25, -0.2) is 9.50 Å². The minimum absolute atomic E-state index is 0.0130. The number of hydrogen-bond donors (Lipinski definition) is 0. The van der Waals surface area contributed by atoms with Gasteiger partial charge in [-0.15, -0.1) is 0 Å². The molecule has 0 spiro atoms. The molecule has 0 aliphatic carbocycles. The standard InChI is InChI=1S/C7H3ClF3N3/c8-5-1-2-6-12-3-4(7(9,10)11)14(6)13-5/h1-3H. The van der Waals surface area contributed by atoms with Gasteiger partial charge in [0.1, 0.15) is 5.15 Å². The minimum atomic E-state index is -4.48. The molecule has 2 heterocycles. The van der Waals surface area contributed by atoms with Crippen molar-refractivity contribution >= 4 is 17.2 Å². The van der Waals surface area contributed by atoms with E-state index in [0.717, 1.165) is 6.20 Å². The van der Waals surface area contributed by atoms with Gasteiger partial charge in [0.05, 0.1) is 6.20 Å². The highest BCUT2D eigenvalue weighted by molar-refractivity contribution is 6.29. The summed E-state index contributed by atoms with van der Waals surface area (Å²) in [7, 11) is 0. The van der Waals surface area contributed by atoms with Gasteiger partial charge in [-0.2, -0.15) is 18.3 Å². The predicted octanol–water partition coefficient (Wildman–Crippen LogP) is 2.40. The maximum absolute atomic E-state index is 12.3. The summed E-state index contributed by atoms with van der Waals surface area (Å²) in [6.45, 7) is 0. The summed E-state index contributed by atoms with van der Waals surface area (Å²) < 4.78 is 37.7. The third kappa shape index (κ3) is 1.41. The molecule has 0 fully saturated rings. The second kappa shape index (κ2) is 2.84. The second-order valence-corrected chi connectivity index (χ2v) is 2.95. The summed E-state index contributed by atoms with van der Waals surface area (Å²) in [6.07, 6.45) is -3.75. The molecule has 0 N–H and O–H groups in total. The van der Waals surface area contributed by atoms with Crippen LogP contribution in [0.5, 0.6) is 0 Å². The summed E-state index contributed by atoms with van der Waals surface area (Å²) in [4.78, 5) is 3.55. The number of rotatable bonds is 0. The van der Waals surface area contributed by atoms with Crippen molar-refractivity contribution in [2.45, 2.75) is 6.18 Å². The van der Waals surface area contributed by atoms with E-state index in [1.165, 1.54) is 12.1 Å². The van der Waals surface area contributed by atoms with E-state index >= 15 is 0 Å². The van der Waals surface area contributed by atoms with Crippen LogP contribution in [0.2, 0.25) is 5.15 Å². The molecule has 3 nitrogen and oxygen atoms in total. The number of nitrogens with zero attached hydrogens (tertiary/aromatic N) is 3. The topological polar surface area (TPSA) is 30.2 Å². The van der Waals surface area contributed by atoms with Gasteiger partial charge in [0.15, 0.2) is 11.3 Å². The molecule has 0 bridgehead atoms. The highest BCUT2D eigenvalue weighted by Crippen LogP contribution is 2.29. The Bertz CT molecular complexity index is 476. The Morgan fingerprint density at radius 3 is 2.64 bits per heavy atom. The molecule has 0 unspecified atom stereocenters. The first-order chi connectivity index (χ1) is 6.48. The van der Waals surface area contributed by atoms with E-state index in [9.17, 15) is 13.2 Å². The molecule has 0 aliphatic rings. The van der Waals surface area contributed by atoms with Crippen LogP contribution in [-0.2, 0) is 6.18 Å². The molecule has 0 saturated carbocycles. The lowest BCUT2D eigenvalue weighted by molar-refractivity contribution is -0.142. The number of imidazole rings is 1. The van der Waals surface area contributed by atoms with Crippen molar-refractivity contribution in [1.29, 1.82) is 0 Å².